The number of benzene rings is 2. The van der Waals surface area contributed by atoms with Crippen LogP contribution in [0.4, 0.5) is 11.4 Å². The van der Waals surface area contributed by atoms with E-state index in [9.17, 15) is 15.2 Å². The molecule has 0 saturated heterocycles. The zero-order valence-corrected chi connectivity index (χ0v) is 14.3. The van der Waals surface area contributed by atoms with Gasteiger partial charge in [0.1, 0.15) is 23.6 Å². The van der Waals surface area contributed by atoms with Gasteiger partial charge in [0.15, 0.2) is 0 Å². The van der Waals surface area contributed by atoms with Crippen LogP contribution >= 0.6 is 0 Å². The van der Waals surface area contributed by atoms with Gasteiger partial charge in [-0.3, -0.25) is 0 Å². The Labute approximate surface area is 150 Å². The van der Waals surface area contributed by atoms with Gasteiger partial charge >= 0.3 is 5.63 Å². The lowest BCUT2D eigenvalue weighted by atomic mass is 10.2. The molecule has 26 heavy (non-hydrogen) atoms. The Balaban J connectivity index is 1.75. The quantitative estimate of drug-likeness (QED) is 0.341. The number of quaternary nitrogens is 1. The van der Waals surface area contributed by atoms with Gasteiger partial charge in [-0.05, 0) is 36.2 Å². The third-order valence-corrected chi connectivity index (χ3v) is 4.03. The molecule has 0 amide bonds. The van der Waals surface area contributed by atoms with Gasteiger partial charge in [-0.15, -0.1) is 0 Å². The van der Waals surface area contributed by atoms with E-state index >= 15 is 0 Å². The summed E-state index contributed by atoms with van der Waals surface area (Å²) in [5.41, 5.74) is 0.519. The summed E-state index contributed by atoms with van der Waals surface area (Å²) in [7, 11) is 0. The van der Waals surface area contributed by atoms with Gasteiger partial charge < -0.3 is 19.7 Å². The van der Waals surface area contributed by atoms with Crippen molar-refractivity contribution in [2.75, 3.05) is 18.5 Å². The number of para-hydroxylation sites is 1. The zero-order valence-electron chi connectivity index (χ0n) is 14.3. The first-order valence-corrected chi connectivity index (χ1v) is 8.35. The van der Waals surface area contributed by atoms with Gasteiger partial charge in [-0.2, -0.15) is 5.23 Å². The third-order valence-electron chi connectivity index (χ3n) is 4.03. The van der Waals surface area contributed by atoms with Crippen LogP contribution in [-0.4, -0.2) is 18.4 Å². The van der Waals surface area contributed by atoms with E-state index in [0.29, 0.717) is 24.1 Å². The minimum absolute atomic E-state index is 0.245. The van der Waals surface area contributed by atoms with Crippen molar-refractivity contribution >= 4 is 22.3 Å². The lowest BCUT2D eigenvalue weighted by molar-refractivity contribution is -0.991. The largest absolute Gasteiger partial charge is 0.595 e. The van der Waals surface area contributed by atoms with E-state index in [-0.39, 0.29) is 5.69 Å². The normalized spacial score (nSPS) is 12.1. The first-order chi connectivity index (χ1) is 12.6. The molecule has 1 heterocycles. The molecule has 1 atom stereocenters. The first kappa shape index (κ1) is 17.9. The van der Waals surface area contributed by atoms with Crippen LogP contribution in [0.5, 0.6) is 5.75 Å². The molecule has 2 aromatic carbocycles. The maximum Gasteiger partial charge on any atom is 0.403 e. The van der Waals surface area contributed by atoms with E-state index in [4.69, 9.17) is 9.15 Å². The molecular formula is C19H20N2O5. The van der Waals surface area contributed by atoms with Crippen molar-refractivity contribution in [1.82, 2.24) is 0 Å². The summed E-state index contributed by atoms with van der Waals surface area (Å²) in [4.78, 5) is 12.0. The molecule has 0 aliphatic carbocycles. The molecule has 3 N–H and O–H groups in total. The van der Waals surface area contributed by atoms with Crippen LogP contribution < -0.4 is 20.9 Å². The minimum Gasteiger partial charge on any atom is -0.595 e. The molecule has 0 fully saturated rings. The second-order valence-electron chi connectivity index (χ2n) is 5.71. The highest BCUT2D eigenvalue weighted by Crippen LogP contribution is 2.26. The smallest absolute Gasteiger partial charge is 0.403 e. The van der Waals surface area contributed by atoms with E-state index in [0.717, 1.165) is 12.2 Å². The summed E-state index contributed by atoms with van der Waals surface area (Å²) in [6.45, 7) is 2.74. The molecule has 7 heteroatoms. The number of fused-ring (bicyclic) bond motifs is 1. The summed E-state index contributed by atoms with van der Waals surface area (Å²) in [6, 6.07) is 14.6. The average Bonchev–Trinajstić information content (AvgIpc) is 2.65. The van der Waals surface area contributed by atoms with E-state index in [2.05, 4.69) is 12.2 Å². The molecule has 1 aromatic heterocycles. The highest BCUT2D eigenvalue weighted by molar-refractivity contribution is 5.94. The van der Waals surface area contributed by atoms with Gasteiger partial charge in [0.2, 0.25) is 0 Å². The Hall–Kier alpha value is -2.87. The zero-order chi connectivity index (χ0) is 18.5. The summed E-state index contributed by atoms with van der Waals surface area (Å²) in [5.74, 6) is 0.736. The average molecular weight is 356 g/mol. The maximum atomic E-state index is 12.0. The standard InChI is InChI=1S/C19H20N2O5/c1-2-13-7-9-14(10-8-13)25-12-11-20-17-15-5-3-4-6-16(15)26-19(22)18(17)21(23)24/h3-10,20-21,23H,2,11-12H2,1H3. The van der Waals surface area contributed by atoms with Gasteiger partial charge in [0.05, 0.1) is 0 Å². The van der Waals surface area contributed by atoms with E-state index in [1.807, 2.05) is 24.3 Å². The molecule has 0 aliphatic rings. The number of ether oxygens (including phenoxy) is 1. The van der Waals surface area contributed by atoms with Crippen LogP contribution in [-0.2, 0) is 6.42 Å². The fraction of sp³-hybridized carbons (Fsp3) is 0.211. The Morgan fingerprint density at radius 2 is 1.92 bits per heavy atom. The van der Waals surface area contributed by atoms with Crippen molar-refractivity contribution < 1.29 is 19.6 Å². The van der Waals surface area contributed by atoms with Gasteiger partial charge in [0, 0.05) is 11.9 Å². The molecule has 3 rings (SSSR count). The number of aryl methyl sites for hydroxylation is 1. The van der Waals surface area contributed by atoms with Crippen molar-refractivity contribution in [2.24, 2.45) is 0 Å². The summed E-state index contributed by atoms with van der Waals surface area (Å²) in [5, 5.41) is 23.0. The Morgan fingerprint density at radius 1 is 1.19 bits per heavy atom. The van der Waals surface area contributed by atoms with Crippen molar-refractivity contribution in [2.45, 2.75) is 13.3 Å². The van der Waals surface area contributed by atoms with E-state index in [1.54, 1.807) is 24.3 Å². The molecule has 7 nitrogen and oxygen atoms in total. The van der Waals surface area contributed by atoms with Crippen LogP contribution in [0.25, 0.3) is 11.0 Å². The molecule has 0 saturated carbocycles. The second kappa shape index (κ2) is 8.01. The number of hydrogen-bond donors (Lipinski definition) is 3. The van der Waals surface area contributed by atoms with Crippen molar-refractivity contribution in [3.05, 3.63) is 69.7 Å². The highest BCUT2D eigenvalue weighted by atomic mass is 16.8. The minimum atomic E-state index is -1.33. The molecule has 0 spiro atoms. The summed E-state index contributed by atoms with van der Waals surface area (Å²) < 4.78 is 10.7. The number of anilines is 1. The Kier molecular flexibility index (Phi) is 5.52. The lowest BCUT2D eigenvalue weighted by Gasteiger charge is -2.17. The Bertz CT molecular complexity index is 935. The summed E-state index contributed by atoms with van der Waals surface area (Å²) >= 11 is 0. The fourth-order valence-electron chi connectivity index (χ4n) is 2.69. The molecule has 3 aromatic rings. The lowest BCUT2D eigenvalue weighted by Crippen LogP contribution is -3.00. The topological polar surface area (TPSA) is 99.2 Å². The van der Waals surface area contributed by atoms with Crippen molar-refractivity contribution in [3.63, 3.8) is 0 Å². The van der Waals surface area contributed by atoms with Gasteiger partial charge in [-0.25, -0.2) is 10.0 Å². The van der Waals surface area contributed by atoms with Crippen LogP contribution in [0, 0.1) is 5.21 Å². The molecule has 1 unspecified atom stereocenters. The van der Waals surface area contributed by atoms with Crippen molar-refractivity contribution in [3.8, 4) is 5.75 Å². The maximum absolute atomic E-state index is 12.0. The molecule has 0 bridgehead atoms. The van der Waals surface area contributed by atoms with Crippen LogP contribution in [0.15, 0.2) is 57.7 Å². The molecule has 0 aliphatic heterocycles. The molecule has 0 radical (unpaired) electrons. The Morgan fingerprint density at radius 3 is 2.62 bits per heavy atom. The first-order valence-electron chi connectivity index (χ1n) is 8.35. The number of rotatable bonds is 7. The molecular weight excluding hydrogens is 336 g/mol. The van der Waals surface area contributed by atoms with E-state index < -0.39 is 16.5 Å². The predicted octanol–water partition coefficient (Wildman–Crippen LogP) is 2.25. The monoisotopic (exact) mass is 356 g/mol. The van der Waals surface area contributed by atoms with E-state index in [1.165, 1.54) is 5.56 Å². The van der Waals surface area contributed by atoms with Crippen LogP contribution in [0.3, 0.4) is 0 Å². The van der Waals surface area contributed by atoms with Gasteiger partial charge in [0.25, 0.3) is 5.69 Å². The highest BCUT2D eigenvalue weighted by Gasteiger charge is 2.20. The third kappa shape index (κ3) is 3.85. The SMILES string of the molecule is CCc1ccc(OCCNc2c([NH+]([O-])O)c(=O)oc3ccccc23)cc1. The fourth-order valence-corrected chi connectivity index (χ4v) is 2.69. The number of nitrogens with one attached hydrogen (secondary N) is 2. The van der Waals surface area contributed by atoms with Gasteiger partial charge in [-0.1, -0.05) is 31.2 Å². The van der Waals surface area contributed by atoms with Crippen LogP contribution in [0.1, 0.15) is 12.5 Å². The van der Waals surface area contributed by atoms with Crippen molar-refractivity contribution in [1.29, 1.82) is 0 Å². The molecule has 136 valence electrons. The second-order valence-corrected chi connectivity index (χ2v) is 5.71. The predicted molar refractivity (Wildman–Crippen MR) is 98.1 cm³/mol. The van der Waals surface area contributed by atoms with Crippen LogP contribution in [0.2, 0.25) is 0 Å². The summed E-state index contributed by atoms with van der Waals surface area (Å²) in [6.07, 6.45) is 0.962. The number of hydrogen-bond acceptors (Lipinski definition) is 6.